The number of alkyl halides is 1. The van der Waals surface area contributed by atoms with Crippen molar-refractivity contribution < 1.29 is 18.3 Å². The fraction of sp³-hybridized carbons (Fsp3) is 0.933. The van der Waals surface area contributed by atoms with E-state index >= 15 is 0 Å². The van der Waals surface area contributed by atoms with Gasteiger partial charge in [0.25, 0.3) is 0 Å². The maximum absolute atomic E-state index is 12.0. The normalized spacial score (nSPS) is 13.2. The summed E-state index contributed by atoms with van der Waals surface area (Å²) in [4.78, 5) is 10.4. The average Bonchev–Trinajstić information content (AvgIpc) is 2.42. The molecule has 0 aromatic carbocycles. The third-order valence-electron chi connectivity index (χ3n) is 3.49. The molecule has 0 saturated carbocycles. The molecule has 0 aromatic heterocycles. The van der Waals surface area contributed by atoms with E-state index in [9.17, 15) is 13.2 Å². The maximum atomic E-state index is 12.0. The number of hydrogen-bond donors (Lipinski definition) is 1. The van der Waals surface area contributed by atoms with Crippen molar-refractivity contribution in [2.45, 2.75) is 81.7 Å². The molecule has 0 spiro atoms. The fourth-order valence-corrected chi connectivity index (χ4v) is 4.42. The molecule has 21 heavy (non-hydrogen) atoms. The van der Waals surface area contributed by atoms with E-state index in [1.165, 1.54) is 25.7 Å². The summed E-state index contributed by atoms with van der Waals surface area (Å²) in [5, 5.41) is 8.53. The van der Waals surface area contributed by atoms with Gasteiger partial charge in [0.2, 0.25) is 0 Å². The fourth-order valence-electron chi connectivity index (χ4n) is 2.15. The molecule has 0 aliphatic carbocycles. The molecule has 0 radical (unpaired) electrons. The first-order chi connectivity index (χ1) is 9.90. The lowest BCUT2D eigenvalue weighted by molar-refractivity contribution is -0.137. The highest BCUT2D eigenvalue weighted by atomic mass is 79.9. The minimum Gasteiger partial charge on any atom is -0.481 e. The molecule has 0 fully saturated rings. The third kappa shape index (κ3) is 12.2. The second-order valence-electron chi connectivity index (χ2n) is 5.54. The SMILES string of the molecule is CCCCCCCCCS(=O)(=O)C(Br)CCCCC(=O)O. The van der Waals surface area contributed by atoms with Crippen LogP contribution in [-0.2, 0) is 14.6 Å². The minimum atomic E-state index is -3.09. The van der Waals surface area contributed by atoms with Gasteiger partial charge in [-0.2, -0.15) is 0 Å². The molecule has 1 unspecified atom stereocenters. The summed E-state index contributed by atoms with van der Waals surface area (Å²) in [5.41, 5.74) is 0. The molecule has 0 aliphatic rings. The lowest BCUT2D eigenvalue weighted by atomic mass is 10.1. The van der Waals surface area contributed by atoms with Gasteiger partial charge in [0.15, 0.2) is 9.84 Å². The summed E-state index contributed by atoms with van der Waals surface area (Å²) in [6.07, 6.45) is 9.50. The van der Waals surface area contributed by atoms with E-state index in [4.69, 9.17) is 5.11 Å². The number of halogens is 1. The van der Waals surface area contributed by atoms with Crippen molar-refractivity contribution >= 4 is 31.7 Å². The second-order valence-corrected chi connectivity index (χ2v) is 9.55. The lowest BCUT2D eigenvalue weighted by Crippen LogP contribution is -2.18. The van der Waals surface area contributed by atoms with E-state index in [1.807, 2.05) is 0 Å². The monoisotopic (exact) mass is 384 g/mol. The summed E-state index contributed by atoms with van der Waals surface area (Å²) in [6, 6.07) is 0. The van der Waals surface area contributed by atoms with Gasteiger partial charge in [-0.15, -0.1) is 0 Å². The van der Waals surface area contributed by atoms with Crippen molar-refractivity contribution in [3.05, 3.63) is 0 Å². The summed E-state index contributed by atoms with van der Waals surface area (Å²) < 4.78 is 23.5. The number of unbranched alkanes of at least 4 members (excludes halogenated alkanes) is 7. The summed E-state index contributed by atoms with van der Waals surface area (Å²) in [5.74, 6) is -0.595. The zero-order chi connectivity index (χ0) is 16.1. The van der Waals surface area contributed by atoms with Gasteiger partial charge in [0, 0.05) is 6.42 Å². The smallest absolute Gasteiger partial charge is 0.303 e. The Morgan fingerprint density at radius 1 is 1.00 bits per heavy atom. The highest BCUT2D eigenvalue weighted by Crippen LogP contribution is 2.20. The number of carboxylic acid groups (broad SMARTS) is 1. The standard InChI is InChI=1S/C15H29BrO4S/c1-2-3-4-5-6-7-10-13-21(19,20)14(16)11-8-9-12-15(17)18/h14H,2-13H2,1H3,(H,17,18). The zero-order valence-corrected chi connectivity index (χ0v) is 15.4. The molecular formula is C15H29BrO4S. The number of carboxylic acids is 1. The Balaban J connectivity index is 3.72. The molecule has 4 nitrogen and oxygen atoms in total. The van der Waals surface area contributed by atoms with Crippen molar-refractivity contribution in [1.82, 2.24) is 0 Å². The van der Waals surface area contributed by atoms with Crippen molar-refractivity contribution in [2.75, 3.05) is 5.75 Å². The Kier molecular flexibility index (Phi) is 12.4. The van der Waals surface area contributed by atoms with Crippen molar-refractivity contribution in [3.63, 3.8) is 0 Å². The van der Waals surface area contributed by atoms with Crippen LogP contribution in [-0.4, -0.2) is 29.4 Å². The first-order valence-corrected chi connectivity index (χ1v) is 10.6. The molecule has 0 heterocycles. The molecule has 126 valence electrons. The van der Waals surface area contributed by atoms with Crippen molar-refractivity contribution in [1.29, 1.82) is 0 Å². The third-order valence-corrected chi connectivity index (χ3v) is 7.53. The van der Waals surface area contributed by atoms with E-state index in [1.54, 1.807) is 0 Å². The Morgan fingerprint density at radius 3 is 2.14 bits per heavy atom. The molecule has 0 aromatic rings. The highest BCUT2D eigenvalue weighted by Gasteiger charge is 2.21. The van der Waals surface area contributed by atoms with Crippen LogP contribution in [0.4, 0.5) is 0 Å². The van der Waals surface area contributed by atoms with E-state index in [0.717, 1.165) is 19.3 Å². The molecular weight excluding hydrogens is 356 g/mol. The predicted molar refractivity (Wildman–Crippen MR) is 90.6 cm³/mol. The van der Waals surface area contributed by atoms with E-state index < -0.39 is 20.0 Å². The minimum absolute atomic E-state index is 0.109. The molecule has 0 saturated heterocycles. The number of sulfone groups is 1. The Hall–Kier alpha value is -0.100. The van der Waals surface area contributed by atoms with Crippen LogP contribution in [0.5, 0.6) is 0 Å². The van der Waals surface area contributed by atoms with Gasteiger partial charge in [0.1, 0.15) is 4.16 Å². The van der Waals surface area contributed by atoms with Crippen LogP contribution in [0.15, 0.2) is 0 Å². The van der Waals surface area contributed by atoms with Crippen LogP contribution in [0.25, 0.3) is 0 Å². The highest BCUT2D eigenvalue weighted by molar-refractivity contribution is 9.11. The first-order valence-electron chi connectivity index (χ1n) is 7.97. The van der Waals surface area contributed by atoms with Gasteiger partial charge in [0.05, 0.1) is 5.75 Å². The van der Waals surface area contributed by atoms with Gasteiger partial charge in [-0.1, -0.05) is 67.8 Å². The first kappa shape index (κ1) is 20.9. The summed E-state index contributed by atoms with van der Waals surface area (Å²) in [7, 11) is -3.09. The lowest BCUT2D eigenvalue weighted by Gasteiger charge is -2.11. The number of hydrogen-bond acceptors (Lipinski definition) is 3. The number of carbonyl (C=O) groups is 1. The van der Waals surface area contributed by atoms with Gasteiger partial charge in [-0.05, 0) is 19.3 Å². The van der Waals surface area contributed by atoms with Gasteiger partial charge < -0.3 is 5.11 Å². The number of rotatable bonds is 14. The van der Waals surface area contributed by atoms with Crippen LogP contribution >= 0.6 is 15.9 Å². The van der Waals surface area contributed by atoms with Crippen LogP contribution in [0.1, 0.15) is 77.6 Å². The van der Waals surface area contributed by atoms with Crippen LogP contribution in [0.2, 0.25) is 0 Å². The van der Waals surface area contributed by atoms with Crippen LogP contribution in [0.3, 0.4) is 0 Å². The summed E-state index contributed by atoms with van der Waals surface area (Å²) in [6.45, 7) is 2.18. The molecule has 6 heteroatoms. The van der Waals surface area contributed by atoms with Gasteiger partial charge >= 0.3 is 5.97 Å². The summed E-state index contributed by atoms with van der Waals surface area (Å²) >= 11 is 3.23. The van der Waals surface area contributed by atoms with E-state index in [0.29, 0.717) is 19.3 Å². The van der Waals surface area contributed by atoms with Crippen LogP contribution < -0.4 is 0 Å². The second kappa shape index (κ2) is 12.4. The molecule has 1 N–H and O–H groups in total. The van der Waals surface area contributed by atoms with Crippen LogP contribution in [0, 0.1) is 0 Å². The van der Waals surface area contributed by atoms with Crippen molar-refractivity contribution in [2.24, 2.45) is 0 Å². The molecule has 0 bridgehead atoms. The predicted octanol–water partition coefficient (Wildman–Crippen LogP) is 4.52. The van der Waals surface area contributed by atoms with Crippen molar-refractivity contribution in [3.8, 4) is 0 Å². The topological polar surface area (TPSA) is 71.4 Å². The average molecular weight is 385 g/mol. The molecule has 0 aliphatic heterocycles. The molecule has 0 rings (SSSR count). The van der Waals surface area contributed by atoms with E-state index in [-0.39, 0.29) is 12.2 Å². The molecule has 0 amide bonds. The maximum Gasteiger partial charge on any atom is 0.303 e. The Labute approximate surface area is 137 Å². The largest absolute Gasteiger partial charge is 0.481 e. The van der Waals surface area contributed by atoms with Gasteiger partial charge in [-0.25, -0.2) is 8.42 Å². The Bertz CT molecular complexity index is 368. The molecule has 1 atom stereocenters. The quantitative estimate of drug-likeness (QED) is 0.353. The zero-order valence-electron chi connectivity index (χ0n) is 13.0. The Morgan fingerprint density at radius 2 is 1.57 bits per heavy atom. The van der Waals surface area contributed by atoms with Gasteiger partial charge in [-0.3, -0.25) is 4.79 Å². The number of aliphatic carboxylic acids is 1. The van der Waals surface area contributed by atoms with E-state index in [2.05, 4.69) is 22.9 Å².